The minimum atomic E-state index is -1.08. The summed E-state index contributed by atoms with van der Waals surface area (Å²) >= 11 is 0. The summed E-state index contributed by atoms with van der Waals surface area (Å²) in [5.74, 6) is -1.62. The molecule has 1 heterocycles. The van der Waals surface area contributed by atoms with Crippen LogP contribution in [0.3, 0.4) is 0 Å². The monoisotopic (exact) mass is 640 g/mol. The predicted octanol–water partition coefficient (Wildman–Crippen LogP) is 4.18. The molecule has 47 heavy (non-hydrogen) atoms. The lowest BCUT2D eigenvalue weighted by Crippen LogP contribution is -2.52. The molecule has 5 rings (SSSR count). The number of benzene rings is 3. The largest absolute Gasteiger partial charge is 0.480 e. The molecule has 0 aromatic heterocycles. The van der Waals surface area contributed by atoms with Gasteiger partial charge in [-0.3, -0.25) is 29.4 Å². The second-order valence-electron chi connectivity index (χ2n) is 12.8. The third-order valence-corrected chi connectivity index (χ3v) is 9.59. The number of carbonyl (C=O) groups excluding carboxylic acids is 3. The van der Waals surface area contributed by atoms with E-state index in [1.165, 1.54) is 13.8 Å². The Balaban J connectivity index is 1.37. The average Bonchev–Trinajstić information content (AvgIpc) is 3.65. The van der Waals surface area contributed by atoms with E-state index in [1.54, 1.807) is 34.1 Å². The number of aliphatic hydroxyl groups excluding tert-OH is 1. The summed E-state index contributed by atoms with van der Waals surface area (Å²) in [6.07, 6.45) is 2.70. The number of anilines is 1. The zero-order valence-electron chi connectivity index (χ0n) is 27.0. The molecule has 4 atom stereocenters. The number of nitrogens with one attached hydrogen (secondary N) is 2. The van der Waals surface area contributed by atoms with Crippen LogP contribution in [-0.4, -0.2) is 63.7 Å². The first-order valence-electron chi connectivity index (χ1n) is 16.3. The average molecular weight is 641 g/mol. The van der Waals surface area contributed by atoms with Gasteiger partial charge in [-0.25, -0.2) is 0 Å². The Morgan fingerprint density at radius 1 is 0.894 bits per heavy atom. The van der Waals surface area contributed by atoms with Gasteiger partial charge in [-0.2, -0.15) is 0 Å². The van der Waals surface area contributed by atoms with E-state index < -0.39 is 35.9 Å². The minimum Gasteiger partial charge on any atom is -0.480 e. The number of nitrogens with zero attached hydrogens (tertiary/aromatic N) is 2. The summed E-state index contributed by atoms with van der Waals surface area (Å²) in [5, 5.41) is 27.1. The van der Waals surface area contributed by atoms with Crippen LogP contribution in [0.2, 0.25) is 0 Å². The predicted molar refractivity (Wildman–Crippen MR) is 178 cm³/mol. The van der Waals surface area contributed by atoms with Gasteiger partial charge in [-0.1, -0.05) is 85.6 Å². The molecule has 1 saturated carbocycles. The zero-order chi connectivity index (χ0) is 33.6. The topological polar surface area (TPSA) is 139 Å². The number of hydrogen-bond donors (Lipinski definition) is 4. The van der Waals surface area contributed by atoms with E-state index >= 15 is 0 Å². The lowest BCUT2D eigenvalue weighted by Gasteiger charge is -2.36. The van der Waals surface area contributed by atoms with E-state index in [4.69, 9.17) is 0 Å². The van der Waals surface area contributed by atoms with Gasteiger partial charge in [0.25, 0.3) is 5.91 Å². The van der Waals surface area contributed by atoms with Crippen molar-refractivity contribution in [3.05, 3.63) is 102 Å². The summed E-state index contributed by atoms with van der Waals surface area (Å²) < 4.78 is 0. The SMILES string of the molecule is CC(=O)NCCC1([C@H](O)NC(Cc2ccc(N3C(=O)[C@@H](Cc4ccccc4)N(C(C)=O)C3c3ccccc3)cc2)C(=O)O)CCCC1. The quantitative estimate of drug-likeness (QED) is 0.206. The Kier molecular flexibility index (Phi) is 10.7. The Morgan fingerprint density at radius 2 is 1.51 bits per heavy atom. The van der Waals surface area contributed by atoms with Gasteiger partial charge in [-0.05, 0) is 54.5 Å². The van der Waals surface area contributed by atoms with E-state index in [9.17, 15) is 29.4 Å². The van der Waals surface area contributed by atoms with Crippen LogP contribution in [0.1, 0.15) is 68.8 Å². The van der Waals surface area contributed by atoms with Crippen LogP contribution in [0.4, 0.5) is 5.69 Å². The Bertz CT molecular complexity index is 1540. The zero-order valence-corrected chi connectivity index (χ0v) is 27.0. The number of rotatable bonds is 13. The van der Waals surface area contributed by atoms with Crippen molar-refractivity contribution in [1.29, 1.82) is 0 Å². The highest BCUT2D eigenvalue weighted by atomic mass is 16.4. The second-order valence-corrected chi connectivity index (χ2v) is 12.8. The molecular formula is C37H44N4O6. The third-order valence-electron chi connectivity index (χ3n) is 9.59. The van der Waals surface area contributed by atoms with Crippen molar-refractivity contribution in [1.82, 2.24) is 15.5 Å². The molecule has 10 nitrogen and oxygen atoms in total. The summed E-state index contributed by atoms with van der Waals surface area (Å²) in [6, 6.07) is 24.5. The van der Waals surface area contributed by atoms with Gasteiger partial charge >= 0.3 is 5.97 Å². The molecule has 0 spiro atoms. The van der Waals surface area contributed by atoms with Crippen LogP contribution in [-0.2, 0) is 32.0 Å². The van der Waals surface area contributed by atoms with Gasteiger partial charge in [0.05, 0.1) is 0 Å². The fraction of sp³-hybridized carbons (Fsp3) is 0.405. The number of carboxylic acid groups (broad SMARTS) is 1. The standard InChI is InChI=1S/C37H44N4O6/c1-25(42)38-22-21-37(19-9-10-20-37)36(47)39-31(35(45)46)23-28-15-17-30(18-16-28)41-33(29-13-7-4-8-14-29)40(26(2)43)32(34(41)44)24-27-11-5-3-6-12-27/h3-8,11-18,31-33,36,39,47H,9-10,19-24H2,1-2H3,(H,38,42)(H,45,46)/t31?,32-,33?,36+/m1/s1. The highest BCUT2D eigenvalue weighted by Gasteiger charge is 2.48. The van der Waals surface area contributed by atoms with Crippen LogP contribution in [0, 0.1) is 5.41 Å². The van der Waals surface area contributed by atoms with Gasteiger partial charge in [-0.15, -0.1) is 0 Å². The smallest absolute Gasteiger partial charge is 0.321 e. The lowest BCUT2D eigenvalue weighted by atomic mass is 9.80. The number of carbonyl (C=O) groups is 4. The minimum absolute atomic E-state index is 0.112. The summed E-state index contributed by atoms with van der Waals surface area (Å²) in [6.45, 7) is 3.35. The first kappa shape index (κ1) is 33.8. The van der Waals surface area contributed by atoms with Crippen molar-refractivity contribution < 1.29 is 29.4 Å². The number of aliphatic carboxylic acids is 1. The highest BCUT2D eigenvalue weighted by Crippen LogP contribution is 2.43. The van der Waals surface area contributed by atoms with E-state index in [0.29, 0.717) is 30.6 Å². The maximum Gasteiger partial charge on any atom is 0.321 e. The molecule has 3 aromatic rings. The summed E-state index contributed by atoms with van der Waals surface area (Å²) in [4.78, 5) is 54.3. The Morgan fingerprint density at radius 3 is 2.09 bits per heavy atom. The van der Waals surface area contributed by atoms with E-state index in [2.05, 4.69) is 10.6 Å². The molecule has 2 unspecified atom stereocenters. The summed E-state index contributed by atoms with van der Waals surface area (Å²) in [5.41, 5.74) is 2.55. The molecule has 2 fully saturated rings. The molecule has 3 amide bonds. The highest BCUT2D eigenvalue weighted by molar-refractivity contribution is 6.03. The molecule has 2 aliphatic rings. The van der Waals surface area contributed by atoms with Crippen molar-refractivity contribution in [2.75, 3.05) is 11.4 Å². The molecule has 3 aromatic carbocycles. The molecular weight excluding hydrogens is 596 g/mol. The molecule has 1 saturated heterocycles. The number of carboxylic acids is 1. The van der Waals surface area contributed by atoms with E-state index in [-0.39, 0.29) is 24.1 Å². The number of aliphatic hydroxyl groups is 1. The third kappa shape index (κ3) is 7.72. The van der Waals surface area contributed by atoms with Crippen LogP contribution in [0.5, 0.6) is 0 Å². The lowest BCUT2D eigenvalue weighted by molar-refractivity contribution is -0.141. The van der Waals surface area contributed by atoms with Crippen molar-refractivity contribution in [3.63, 3.8) is 0 Å². The molecule has 1 aliphatic carbocycles. The Labute approximate surface area is 275 Å². The van der Waals surface area contributed by atoms with Gasteiger partial charge in [0.1, 0.15) is 24.5 Å². The number of amides is 3. The molecule has 248 valence electrons. The molecule has 10 heteroatoms. The fourth-order valence-electron chi connectivity index (χ4n) is 7.15. The maximum atomic E-state index is 14.1. The Hall–Kier alpha value is -4.54. The van der Waals surface area contributed by atoms with Crippen LogP contribution in [0.25, 0.3) is 0 Å². The fourth-order valence-corrected chi connectivity index (χ4v) is 7.15. The summed E-state index contributed by atoms with van der Waals surface area (Å²) in [7, 11) is 0. The molecule has 1 aliphatic heterocycles. The van der Waals surface area contributed by atoms with Crippen LogP contribution >= 0.6 is 0 Å². The number of hydrogen-bond acceptors (Lipinski definition) is 6. The van der Waals surface area contributed by atoms with Crippen molar-refractivity contribution in [3.8, 4) is 0 Å². The van der Waals surface area contributed by atoms with E-state index in [0.717, 1.165) is 36.8 Å². The second kappa shape index (κ2) is 14.9. The van der Waals surface area contributed by atoms with Gasteiger partial charge < -0.3 is 20.4 Å². The van der Waals surface area contributed by atoms with Crippen molar-refractivity contribution >= 4 is 29.4 Å². The van der Waals surface area contributed by atoms with Gasteiger partial charge in [0, 0.05) is 37.9 Å². The molecule has 0 radical (unpaired) electrons. The first-order chi connectivity index (χ1) is 22.6. The normalized spacial score (nSPS) is 20.2. The van der Waals surface area contributed by atoms with Crippen LogP contribution < -0.4 is 15.5 Å². The van der Waals surface area contributed by atoms with Crippen molar-refractivity contribution in [2.45, 2.75) is 83.3 Å². The first-order valence-corrected chi connectivity index (χ1v) is 16.3. The van der Waals surface area contributed by atoms with Crippen molar-refractivity contribution in [2.24, 2.45) is 5.41 Å². The van der Waals surface area contributed by atoms with Gasteiger partial charge in [0.15, 0.2) is 0 Å². The van der Waals surface area contributed by atoms with Gasteiger partial charge in [0.2, 0.25) is 11.8 Å². The maximum absolute atomic E-state index is 14.1. The molecule has 0 bridgehead atoms. The van der Waals surface area contributed by atoms with E-state index in [1.807, 2.05) is 60.7 Å². The van der Waals surface area contributed by atoms with Crippen LogP contribution in [0.15, 0.2) is 84.9 Å². The molecule has 4 N–H and O–H groups in total.